The number of anilines is 1. The van der Waals surface area contributed by atoms with Crippen molar-refractivity contribution in [1.29, 1.82) is 0 Å². The zero-order valence-corrected chi connectivity index (χ0v) is 12.4. The van der Waals surface area contributed by atoms with Gasteiger partial charge < -0.3 is 5.73 Å². The molecule has 0 fully saturated rings. The summed E-state index contributed by atoms with van der Waals surface area (Å²) in [5, 5.41) is 0. The Morgan fingerprint density at radius 1 is 1.11 bits per heavy atom. The molecule has 0 aliphatic rings. The molecule has 0 saturated heterocycles. The van der Waals surface area contributed by atoms with Crippen molar-refractivity contribution in [3.05, 3.63) is 58.6 Å². The predicted octanol–water partition coefficient (Wildman–Crippen LogP) is 2.51. The van der Waals surface area contributed by atoms with E-state index in [1.54, 1.807) is 6.07 Å². The molecule has 0 radical (unpaired) electrons. The smallest absolute Gasteiger partial charge is 0.240 e. The van der Waals surface area contributed by atoms with Crippen molar-refractivity contribution in [1.82, 2.24) is 4.72 Å². The molecule has 0 bridgehead atoms. The van der Waals surface area contributed by atoms with E-state index in [4.69, 9.17) is 5.73 Å². The van der Waals surface area contributed by atoms with Crippen molar-refractivity contribution < 1.29 is 8.42 Å². The average Bonchev–Trinajstić information content (AvgIpc) is 2.41. The van der Waals surface area contributed by atoms with Gasteiger partial charge in [-0.15, -0.1) is 0 Å². The monoisotopic (exact) mass is 340 g/mol. The Hall–Kier alpha value is -1.37. The number of nitrogen functional groups attached to an aromatic ring is 1. The molecule has 4 nitrogen and oxygen atoms in total. The summed E-state index contributed by atoms with van der Waals surface area (Å²) in [7, 11) is -3.53. The number of hydrogen-bond donors (Lipinski definition) is 2. The number of benzene rings is 2. The highest BCUT2D eigenvalue weighted by Gasteiger charge is 2.14. The molecule has 2 rings (SSSR count). The summed E-state index contributed by atoms with van der Waals surface area (Å²) >= 11 is 3.22. The minimum atomic E-state index is -3.53. The lowest BCUT2D eigenvalue weighted by Crippen LogP contribution is -2.23. The molecule has 2 aromatic carbocycles. The number of halogens is 1. The van der Waals surface area contributed by atoms with Crippen molar-refractivity contribution in [2.45, 2.75) is 11.4 Å². The van der Waals surface area contributed by atoms with Crippen LogP contribution in [0.25, 0.3) is 0 Å². The summed E-state index contributed by atoms with van der Waals surface area (Å²) < 4.78 is 27.3. The minimum absolute atomic E-state index is 0.185. The van der Waals surface area contributed by atoms with E-state index in [1.807, 2.05) is 30.3 Å². The highest BCUT2D eigenvalue weighted by Crippen LogP contribution is 2.23. The van der Waals surface area contributed by atoms with Crippen molar-refractivity contribution >= 4 is 31.6 Å². The second-order valence-electron chi connectivity index (χ2n) is 3.99. The van der Waals surface area contributed by atoms with E-state index in [9.17, 15) is 8.42 Å². The molecule has 0 aliphatic carbocycles. The van der Waals surface area contributed by atoms with E-state index in [2.05, 4.69) is 20.7 Å². The van der Waals surface area contributed by atoms with Crippen LogP contribution in [0.5, 0.6) is 0 Å². The van der Waals surface area contributed by atoms with Gasteiger partial charge in [0, 0.05) is 16.7 Å². The Morgan fingerprint density at radius 3 is 2.42 bits per heavy atom. The third-order valence-corrected chi connectivity index (χ3v) is 4.68. The molecule has 0 aromatic heterocycles. The number of nitrogens with two attached hydrogens (primary N) is 1. The van der Waals surface area contributed by atoms with E-state index in [1.165, 1.54) is 12.1 Å². The first-order chi connectivity index (χ1) is 8.99. The highest BCUT2D eigenvalue weighted by atomic mass is 79.9. The van der Waals surface area contributed by atoms with E-state index in [0.29, 0.717) is 10.2 Å². The Kier molecular flexibility index (Phi) is 4.24. The molecule has 2 aromatic rings. The average molecular weight is 341 g/mol. The van der Waals surface area contributed by atoms with Gasteiger partial charge in [-0.25, -0.2) is 13.1 Å². The maximum atomic E-state index is 12.1. The van der Waals surface area contributed by atoms with E-state index in [0.717, 1.165) is 5.56 Å². The molecule has 0 unspecified atom stereocenters. The van der Waals surface area contributed by atoms with Crippen molar-refractivity contribution in [3.8, 4) is 0 Å². The summed E-state index contributed by atoms with van der Waals surface area (Å²) in [5.74, 6) is 0. The largest absolute Gasteiger partial charge is 0.398 e. The molecule has 0 saturated carbocycles. The number of rotatable bonds is 4. The first kappa shape index (κ1) is 14.0. The van der Waals surface area contributed by atoms with Crippen LogP contribution >= 0.6 is 15.9 Å². The zero-order chi connectivity index (χ0) is 13.9. The number of sulfonamides is 1. The van der Waals surface area contributed by atoms with Crippen LogP contribution in [0.1, 0.15) is 5.56 Å². The Balaban J connectivity index is 2.16. The van der Waals surface area contributed by atoms with Gasteiger partial charge in [0.05, 0.1) is 4.90 Å². The lowest BCUT2D eigenvalue weighted by atomic mass is 10.2. The molecule has 0 aliphatic heterocycles. The van der Waals surface area contributed by atoms with Crippen molar-refractivity contribution in [2.24, 2.45) is 0 Å². The second-order valence-corrected chi connectivity index (χ2v) is 6.61. The van der Waals surface area contributed by atoms with E-state index in [-0.39, 0.29) is 11.4 Å². The van der Waals surface area contributed by atoms with Gasteiger partial charge in [-0.3, -0.25) is 0 Å². The van der Waals surface area contributed by atoms with Crippen LogP contribution in [0, 0.1) is 0 Å². The van der Waals surface area contributed by atoms with Crippen LogP contribution in [0.2, 0.25) is 0 Å². The lowest BCUT2D eigenvalue weighted by Gasteiger charge is -2.08. The summed E-state index contributed by atoms with van der Waals surface area (Å²) in [6.07, 6.45) is 0. The van der Waals surface area contributed by atoms with Gasteiger partial charge in [0.15, 0.2) is 0 Å². The van der Waals surface area contributed by atoms with Crippen LogP contribution in [-0.2, 0) is 16.6 Å². The van der Waals surface area contributed by atoms with Gasteiger partial charge in [-0.05, 0) is 39.7 Å². The van der Waals surface area contributed by atoms with Gasteiger partial charge >= 0.3 is 0 Å². The number of hydrogen-bond acceptors (Lipinski definition) is 3. The van der Waals surface area contributed by atoms with E-state index >= 15 is 0 Å². The Bertz CT molecular complexity index is 672. The second kappa shape index (κ2) is 5.73. The maximum Gasteiger partial charge on any atom is 0.240 e. The Labute approximate surface area is 120 Å². The van der Waals surface area contributed by atoms with Crippen LogP contribution in [-0.4, -0.2) is 8.42 Å². The summed E-state index contributed by atoms with van der Waals surface area (Å²) in [6, 6.07) is 13.9. The fraction of sp³-hybridized carbons (Fsp3) is 0.0769. The Morgan fingerprint density at radius 2 is 1.79 bits per heavy atom. The molecular weight excluding hydrogens is 328 g/mol. The first-order valence-corrected chi connectivity index (χ1v) is 7.85. The molecular formula is C13H13BrN2O2S. The molecule has 0 heterocycles. The SMILES string of the molecule is Nc1ccc(S(=O)(=O)NCc2ccccc2)cc1Br. The fourth-order valence-corrected chi connectivity index (χ4v) is 3.11. The molecule has 0 amide bonds. The van der Waals surface area contributed by atoms with Gasteiger partial charge in [-0.2, -0.15) is 0 Å². The van der Waals surface area contributed by atoms with Crippen molar-refractivity contribution in [3.63, 3.8) is 0 Å². The van der Waals surface area contributed by atoms with Gasteiger partial charge in [0.25, 0.3) is 0 Å². The quantitative estimate of drug-likeness (QED) is 0.840. The molecule has 6 heteroatoms. The summed E-state index contributed by atoms with van der Waals surface area (Å²) in [5.41, 5.74) is 7.04. The lowest BCUT2D eigenvalue weighted by molar-refractivity contribution is 0.581. The third kappa shape index (κ3) is 3.56. The maximum absolute atomic E-state index is 12.1. The number of nitrogens with one attached hydrogen (secondary N) is 1. The minimum Gasteiger partial charge on any atom is -0.398 e. The third-order valence-electron chi connectivity index (χ3n) is 2.59. The topological polar surface area (TPSA) is 72.2 Å². The van der Waals surface area contributed by atoms with Crippen LogP contribution in [0.3, 0.4) is 0 Å². The standard InChI is InChI=1S/C13H13BrN2O2S/c14-12-8-11(6-7-13(12)15)19(17,18)16-9-10-4-2-1-3-5-10/h1-8,16H,9,15H2. The molecule has 19 heavy (non-hydrogen) atoms. The van der Waals surface area contributed by atoms with Crippen LogP contribution in [0.15, 0.2) is 57.9 Å². The fourth-order valence-electron chi connectivity index (χ4n) is 1.53. The molecule has 100 valence electrons. The normalized spacial score (nSPS) is 11.4. The zero-order valence-electron chi connectivity index (χ0n) is 10.0. The van der Waals surface area contributed by atoms with Gasteiger partial charge in [0.1, 0.15) is 0 Å². The molecule has 0 atom stereocenters. The van der Waals surface area contributed by atoms with Gasteiger partial charge in [-0.1, -0.05) is 30.3 Å². The van der Waals surface area contributed by atoms with E-state index < -0.39 is 10.0 Å². The molecule has 3 N–H and O–H groups in total. The first-order valence-electron chi connectivity index (χ1n) is 5.58. The summed E-state index contributed by atoms with van der Waals surface area (Å²) in [6.45, 7) is 0.255. The van der Waals surface area contributed by atoms with Gasteiger partial charge in [0.2, 0.25) is 10.0 Å². The predicted molar refractivity (Wildman–Crippen MR) is 79.0 cm³/mol. The highest BCUT2D eigenvalue weighted by molar-refractivity contribution is 9.10. The van der Waals surface area contributed by atoms with Crippen molar-refractivity contribution in [2.75, 3.05) is 5.73 Å². The molecule has 0 spiro atoms. The summed E-state index contributed by atoms with van der Waals surface area (Å²) in [4.78, 5) is 0.185. The van der Waals surface area contributed by atoms with Crippen LogP contribution < -0.4 is 10.5 Å². The van der Waals surface area contributed by atoms with Crippen LogP contribution in [0.4, 0.5) is 5.69 Å².